The maximum atomic E-state index is 11.8. The quantitative estimate of drug-likeness (QED) is 0.368. The van der Waals surface area contributed by atoms with Crippen LogP contribution in [0, 0.1) is 5.92 Å². The predicted molar refractivity (Wildman–Crippen MR) is 93.1 cm³/mol. The molecule has 0 rings (SSSR count). The zero-order chi connectivity index (χ0) is 18.4. The lowest BCUT2D eigenvalue weighted by molar-refractivity contribution is -0.148. The molecule has 0 saturated carbocycles. The molecule has 7 nitrogen and oxygen atoms in total. The van der Waals surface area contributed by atoms with Crippen molar-refractivity contribution in [3.05, 3.63) is 0 Å². The molecule has 24 heavy (non-hydrogen) atoms. The Balaban J connectivity index is 4.33. The second-order valence-electron chi connectivity index (χ2n) is 5.26. The summed E-state index contributed by atoms with van der Waals surface area (Å²) in [5.74, 6) is -0.309. The lowest BCUT2D eigenvalue weighted by Gasteiger charge is -2.24. The number of hydrogen-bond acceptors (Lipinski definition) is 7. The fraction of sp³-hybridized carbons (Fsp3) is 0.812. The normalized spacial score (nSPS) is 12.0. The number of aliphatic carboxylic acids is 1. The number of esters is 2. The van der Waals surface area contributed by atoms with E-state index in [2.05, 4.69) is 0 Å². The second kappa shape index (κ2) is 14.1. The van der Waals surface area contributed by atoms with Crippen LogP contribution in [0.3, 0.4) is 0 Å². The Hall–Kier alpha value is -1.28. The van der Waals surface area contributed by atoms with Crippen molar-refractivity contribution in [1.82, 2.24) is 4.90 Å². The molecule has 0 aliphatic rings. The summed E-state index contributed by atoms with van der Waals surface area (Å²) < 4.78 is 9.94. The number of carbonyl (C=O) groups is 3. The molecule has 0 aromatic rings. The van der Waals surface area contributed by atoms with Gasteiger partial charge < -0.3 is 19.5 Å². The van der Waals surface area contributed by atoms with Crippen molar-refractivity contribution in [3.8, 4) is 0 Å². The Morgan fingerprint density at radius 2 is 1.71 bits per heavy atom. The highest BCUT2D eigenvalue weighted by Crippen LogP contribution is 2.08. The third-order valence-electron chi connectivity index (χ3n) is 3.17. The van der Waals surface area contributed by atoms with Gasteiger partial charge in [0.25, 0.3) is 0 Å². The third kappa shape index (κ3) is 12.2. The molecule has 1 atom stereocenters. The van der Waals surface area contributed by atoms with Gasteiger partial charge in [-0.05, 0) is 13.8 Å². The number of carbonyl (C=O) groups excluding carboxylic acids is 2. The molecule has 0 aromatic heterocycles. The Bertz CT molecular complexity index is 391. The van der Waals surface area contributed by atoms with E-state index >= 15 is 0 Å². The molecule has 1 unspecified atom stereocenters. The van der Waals surface area contributed by atoms with Gasteiger partial charge in [-0.3, -0.25) is 14.4 Å². The Morgan fingerprint density at radius 3 is 2.29 bits per heavy atom. The number of carboxylic acid groups (broad SMARTS) is 1. The first-order valence-electron chi connectivity index (χ1n) is 8.24. The summed E-state index contributed by atoms with van der Waals surface area (Å²) in [5.41, 5.74) is 0. The number of hydrogen-bond donors (Lipinski definition) is 1. The highest BCUT2D eigenvalue weighted by atomic mass is 32.2. The number of carboxylic acids is 1. The van der Waals surface area contributed by atoms with Crippen LogP contribution in [0.25, 0.3) is 0 Å². The lowest BCUT2D eigenvalue weighted by Crippen LogP contribution is -2.36. The smallest absolute Gasteiger partial charge is 0.309 e. The summed E-state index contributed by atoms with van der Waals surface area (Å²) >= 11 is 1.55. The average Bonchev–Trinajstić information content (AvgIpc) is 2.52. The molecule has 140 valence electrons. The van der Waals surface area contributed by atoms with Crippen LogP contribution in [-0.2, 0) is 23.9 Å². The van der Waals surface area contributed by atoms with Gasteiger partial charge in [-0.2, -0.15) is 11.8 Å². The molecule has 8 heteroatoms. The molecular formula is C16H29NO6S. The van der Waals surface area contributed by atoms with Crippen LogP contribution in [0.5, 0.6) is 0 Å². The van der Waals surface area contributed by atoms with Gasteiger partial charge in [-0.25, -0.2) is 0 Å². The number of rotatable bonds is 14. The van der Waals surface area contributed by atoms with E-state index in [1.807, 2.05) is 4.90 Å². The maximum Gasteiger partial charge on any atom is 0.309 e. The van der Waals surface area contributed by atoms with Gasteiger partial charge in [0.15, 0.2) is 0 Å². The van der Waals surface area contributed by atoms with Crippen molar-refractivity contribution in [1.29, 1.82) is 0 Å². The summed E-state index contributed by atoms with van der Waals surface area (Å²) in [7, 11) is 0. The van der Waals surface area contributed by atoms with E-state index in [9.17, 15) is 14.4 Å². The van der Waals surface area contributed by atoms with Crippen molar-refractivity contribution in [2.45, 2.75) is 33.6 Å². The minimum atomic E-state index is -0.808. The topological polar surface area (TPSA) is 93.1 Å². The van der Waals surface area contributed by atoms with Crippen molar-refractivity contribution < 1.29 is 29.0 Å². The van der Waals surface area contributed by atoms with E-state index in [1.165, 1.54) is 0 Å². The first-order valence-corrected chi connectivity index (χ1v) is 9.40. The molecule has 0 amide bonds. The fourth-order valence-electron chi connectivity index (χ4n) is 1.98. The lowest BCUT2D eigenvalue weighted by atomic mass is 10.1. The molecule has 0 spiro atoms. The van der Waals surface area contributed by atoms with Crippen LogP contribution in [-0.4, -0.2) is 72.3 Å². The van der Waals surface area contributed by atoms with Gasteiger partial charge in [-0.1, -0.05) is 6.92 Å². The van der Waals surface area contributed by atoms with Crippen molar-refractivity contribution in [3.63, 3.8) is 0 Å². The van der Waals surface area contributed by atoms with Gasteiger partial charge in [0.2, 0.25) is 0 Å². The highest BCUT2D eigenvalue weighted by molar-refractivity contribution is 7.99. The fourth-order valence-corrected chi connectivity index (χ4v) is 2.89. The molecule has 0 bridgehead atoms. The summed E-state index contributed by atoms with van der Waals surface area (Å²) in [6, 6.07) is 0. The van der Waals surface area contributed by atoms with E-state index in [-0.39, 0.29) is 30.7 Å². The number of ether oxygens (including phenoxy) is 2. The van der Waals surface area contributed by atoms with E-state index in [1.54, 1.807) is 32.5 Å². The first-order chi connectivity index (χ1) is 11.4. The molecular weight excluding hydrogens is 334 g/mol. The van der Waals surface area contributed by atoms with Crippen LogP contribution in [0.4, 0.5) is 0 Å². The Morgan fingerprint density at radius 1 is 1.04 bits per heavy atom. The zero-order valence-corrected chi connectivity index (χ0v) is 15.6. The molecule has 0 heterocycles. The molecule has 0 aromatic carbocycles. The molecule has 0 radical (unpaired) electrons. The van der Waals surface area contributed by atoms with Crippen LogP contribution >= 0.6 is 11.8 Å². The number of thioether (sulfide) groups is 1. The molecule has 0 aliphatic carbocycles. The van der Waals surface area contributed by atoms with Crippen LogP contribution in [0.1, 0.15) is 33.6 Å². The monoisotopic (exact) mass is 363 g/mol. The van der Waals surface area contributed by atoms with E-state index in [4.69, 9.17) is 14.6 Å². The third-order valence-corrected chi connectivity index (χ3v) is 4.13. The van der Waals surface area contributed by atoms with Gasteiger partial charge in [0, 0.05) is 31.1 Å². The largest absolute Gasteiger partial charge is 0.481 e. The molecule has 0 fully saturated rings. The number of nitrogens with zero attached hydrogens (tertiary/aromatic N) is 1. The van der Waals surface area contributed by atoms with Crippen molar-refractivity contribution in [2.24, 2.45) is 5.92 Å². The standard InChI is InChI=1S/C16H29NO6S/c1-4-22-15(20)6-8-17(9-11-24-10-7-14(18)19)12-13(3)16(21)23-5-2/h13H,4-12H2,1-3H3,(H,18,19). The van der Waals surface area contributed by atoms with Gasteiger partial charge in [0.05, 0.1) is 32.0 Å². The Labute approximate surface area is 148 Å². The van der Waals surface area contributed by atoms with Crippen LogP contribution in [0.15, 0.2) is 0 Å². The van der Waals surface area contributed by atoms with Crippen molar-refractivity contribution in [2.75, 3.05) is 44.4 Å². The summed E-state index contributed by atoms with van der Waals surface area (Å²) in [6.45, 7) is 7.69. The summed E-state index contributed by atoms with van der Waals surface area (Å²) in [4.78, 5) is 35.8. The highest BCUT2D eigenvalue weighted by Gasteiger charge is 2.19. The zero-order valence-electron chi connectivity index (χ0n) is 14.8. The van der Waals surface area contributed by atoms with Crippen molar-refractivity contribution >= 4 is 29.7 Å². The van der Waals surface area contributed by atoms with Gasteiger partial charge >= 0.3 is 17.9 Å². The van der Waals surface area contributed by atoms with Crippen LogP contribution < -0.4 is 0 Å². The average molecular weight is 363 g/mol. The van der Waals surface area contributed by atoms with E-state index in [0.717, 1.165) is 5.75 Å². The van der Waals surface area contributed by atoms with Gasteiger partial charge in [0.1, 0.15) is 0 Å². The SMILES string of the molecule is CCOC(=O)CCN(CCSCCC(=O)O)CC(C)C(=O)OCC. The Kier molecular flexibility index (Phi) is 13.3. The van der Waals surface area contributed by atoms with E-state index in [0.29, 0.717) is 38.6 Å². The predicted octanol–water partition coefficient (Wildman–Crippen LogP) is 1.65. The summed E-state index contributed by atoms with van der Waals surface area (Å²) in [6.07, 6.45) is 0.399. The minimum absolute atomic E-state index is 0.132. The second-order valence-corrected chi connectivity index (χ2v) is 6.49. The van der Waals surface area contributed by atoms with Crippen LogP contribution in [0.2, 0.25) is 0 Å². The van der Waals surface area contributed by atoms with Gasteiger partial charge in [-0.15, -0.1) is 0 Å². The maximum absolute atomic E-state index is 11.8. The molecule has 0 saturated heterocycles. The minimum Gasteiger partial charge on any atom is -0.481 e. The first kappa shape index (κ1) is 22.7. The summed E-state index contributed by atoms with van der Waals surface area (Å²) in [5, 5.41) is 8.62. The molecule has 0 aliphatic heterocycles. The molecule has 1 N–H and O–H groups in total. The van der Waals surface area contributed by atoms with E-state index < -0.39 is 5.97 Å².